The number of nitrogens with zero attached hydrogens (tertiary/aromatic N) is 3. The van der Waals surface area contributed by atoms with Crippen molar-refractivity contribution in [1.82, 2.24) is 10.2 Å². The number of hydrogen-bond donors (Lipinski definition) is 2. The summed E-state index contributed by atoms with van der Waals surface area (Å²) in [7, 11) is 8.67. The summed E-state index contributed by atoms with van der Waals surface area (Å²) < 4.78 is 26.8. The predicted octanol–water partition coefficient (Wildman–Crippen LogP) is 8.09. The molecule has 2 N–H and O–H groups in total. The Kier molecular flexibility index (Phi) is 22.1. The number of carbonyl (C=O) groups is 3. The number of para-hydroxylation sites is 1. The number of anilines is 1. The quantitative estimate of drug-likeness (QED) is 0.0731. The van der Waals surface area contributed by atoms with Gasteiger partial charge in [-0.05, 0) is 124 Å². The summed E-state index contributed by atoms with van der Waals surface area (Å²) in [6.07, 6.45) is 4.80. The van der Waals surface area contributed by atoms with Crippen LogP contribution in [0.3, 0.4) is 0 Å². The third-order valence-corrected chi connectivity index (χ3v) is 11.8. The fourth-order valence-electron chi connectivity index (χ4n) is 8.10. The lowest BCUT2D eigenvalue weighted by atomic mass is 9.69. The van der Waals surface area contributed by atoms with Gasteiger partial charge in [-0.3, -0.25) is 24.6 Å². The van der Waals surface area contributed by atoms with Crippen LogP contribution in [0.2, 0.25) is 0 Å². The zero-order valence-electron chi connectivity index (χ0n) is 39.1. The van der Waals surface area contributed by atoms with E-state index in [0.29, 0.717) is 42.9 Å². The minimum absolute atomic E-state index is 0. The number of aliphatic carboxylic acids is 1. The molecule has 65 heavy (non-hydrogen) atoms. The second kappa shape index (κ2) is 26.9. The van der Waals surface area contributed by atoms with E-state index < -0.39 is 36.0 Å². The topological polar surface area (TPSA) is 160 Å². The lowest BCUT2D eigenvalue weighted by Gasteiger charge is -2.32. The van der Waals surface area contributed by atoms with Crippen LogP contribution in [0.15, 0.2) is 91.0 Å². The number of rotatable bonds is 22. The fourth-order valence-corrected chi connectivity index (χ4v) is 8.10. The molecule has 13 nitrogen and oxygen atoms in total. The molecule has 4 aromatic rings. The number of aryl methyl sites for hydroxylation is 2. The van der Waals surface area contributed by atoms with E-state index in [1.54, 1.807) is 47.5 Å². The van der Waals surface area contributed by atoms with E-state index in [2.05, 4.69) is 43.2 Å². The number of carboxylic acid groups (broad SMARTS) is 1. The fraction of sp³-hybridized carbons (Fsp3) is 0.451. The Balaban J connectivity index is 0.000000341. The molecule has 0 saturated heterocycles. The second-order valence-corrected chi connectivity index (χ2v) is 16.2. The van der Waals surface area contributed by atoms with Crippen LogP contribution in [0.25, 0.3) is 0 Å². The molecular weight excluding hydrogens is 848 g/mol. The molecule has 4 aromatic carbocycles. The van der Waals surface area contributed by atoms with Crippen molar-refractivity contribution < 1.29 is 43.2 Å². The number of likely N-dealkylation sites (N-methyl/N-ethyl adjacent to an activating group) is 1. The first kappa shape index (κ1) is 53.5. The predicted molar refractivity (Wildman–Crippen MR) is 256 cm³/mol. The van der Waals surface area contributed by atoms with Crippen molar-refractivity contribution in [2.45, 2.75) is 83.2 Å². The van der Waals surface area contributed by atoms with Gasteiger partial charge in [0.05, 0.1) is 52.6 Å². The molecule has 1 aliphatic rings. The Morgan fingerprint density at radius 1 is 0.862 bits per heavy atom. The zero-order valence-corrected chi connectivity index (χ0v) is 40.0. The monoisotopic (exact) mass is 914 g/mol. The van der Waals surface area contributed by atoms with Crippen molar-refractivity contribution in [2.75, 3.05) is 66.6 Å². The highest BCUT2D eigenvalue weighted by atomic mass is 35.5. The molecule has 0 aromatic heterocycles. The smallest absolute Gasteiger partial charge is 0.323 e. The summed E-state index contributed by atoms with van der Waals surface area (Å²) in [5, 5.41) is 22.8. The van der Waals surface area contributed by atoms with E-state index in [4.69, 9.17) is 23.7 Å². The number of hydrogen-bond acceptors (Lipinski definition) is 11. The third kappa shape index (κ3) is 14.9. The van der Waals surface area contributed by atoms with Crippen molar-refractivity contribution in [3.05, 3.63) is 113 Å². The van der Waals surface area contributed by atoms with Gasteiger partial charge in [0.25, 0.3) is 0 Å². The van der Waals surface area contributed by atoms with E-state index in [0.717, 1.165) is 60.5 Å². The zero-order chi connectivity index (χ0) is 46.6. The van der Waals surface area contributed by atoms with Crippen LogP contribution in [0.1, 0.15) is 68.7 Å². The standard InChI is InChI=1S/C27H38N2O4.C24H28N2O5.ClH/c1-20(2)27(19-28,22-10-12-24(31-5)26(18-22)33-7)14-8-15-29(3)16-13-21-9-11-23(30-4)25(17-21)32-6;1-2-31-24(30)20(14-12-17-8-4-3-5-9-17)25-19-15-13-18-10-6-7-11-21(18)26(23(19)29)16-22(27)28;/h9-12,17-18,20H,8,13-16H2,1-7H3;3-11,19-20,25H,2,12-16H2,1H3,(H,27,28);1H/t;19-,20-;/m.0./s1. The molecular formula is C51H67ClN4O9. The highest BCUT2D eigenvalue weighted by molar-refractivity contribution is 6.02. The first-order valence-electron chi connectivity index (χ1n) is 21.9. The molecule has 0 radical (unpaired) electrons. The molecule has 1 heterocycles. The Morgan fingerprint density at radius 2 is 1.49 bits per heavy atom. The van der Waals surface area contributed by atoms with Crippen LogP contribution in [0, 0.1) is 17.2 Å². The van der Waals surface area contributed by atoms with E-state index in [1.165, 1.54) is 10.5 Å². The van der Waals surface area contributed by atoms with E-state index >= 15 is 0 Å². The van der Waals surface area contributed by atoms with Gasteiger partial charge in [-0.25, -0.2) is 0 Å². The summed E-state index contributed by atoms with van der Waals surface area (Å²) in [4.78, 5) is 40.9. The van der Waals surface area contributed by atoms with Gasteiger partial charge in [-0.15, -0.1) is 12.4 Å². The number of carbonyl (C=O) groups excluding carboxylic acids is 2. The minimum Gasteiger partial charge on any atom is -0.493 e. The Bertz CT molecular complexity index is 2170. The van der Waals surface area contributed by atoms with Gasteiger partial charge in [-0.2, -0.15) is 5.26 Å². The molecule has 0 fully saturated rings. The van der Waals surface area contributed by atoms with Gasteiger partial charge in [0, 0.05) is 12.2 Å². The molecule has 0 aliphatic carbocycles. The minimum atomic E-state index is -1.09. The van der Waals surface area contributed by atoms with Gasteiger partial charge in [0.15, 0.2) is 23.0 Å². The highest BCUT2D eigenvalue weighted by Crippen LogP contribution is 2.40. The normalized spacial score (nSPS) is 14.6. The molecule has 1 unspecified atom stereocenters. The Hall–Kier alpha value is -5.81. The number of carboxylic acids is 1. The highest BCUT2D eigenvalue weighted by Gasteiger charge is 2.37. The van der Waals surface area contributed by atoms with E-state index in [-0.39, 0.29) is 30.8 Å². The van der Waals surface area contributed by atoms with Crippen molar-refractivity contribution in [3.63, 3.8) is 0 Å². The molecule has 352 valence electrons. The van der Waals surface area contributed by atoms with Gasteiger partial charge in [0.1, 0.15) is 12.6 Å². The molecule has 0 saturated carbocycles. The van der Waals surface area contributed by atoms with Gasteiger partial charge < -0.3 is 33.7 Å². The van der Waals surface area contributed by atoms with Crippen molar-refractivity contribution in [1.29, 1.82) is 5.26 Å². The average molecular weight is 916 g/mol. The molecule has 1 aliphatic heterocycles. The average Bonchev–Trinajstić information content (AvgIpc) is 3.43. The molecule has 14 heteroatoms. The van der Waals surface area contributed by atoms with E-state index in [9.17, 15) is 24.8 Å². The van der Waals surface area contributed by atoms with E-state index in [1.807, 2.05) is 72.8 Å². The van der Waals surface area contributed by atoms with Crippen molar-refractivity contribution in [2.24, 2.45) is 5.92 Å². The van der Waals surface area contributed by atoms with Gasteiger partial charge >= 0.3 is 11.9 Å². The maximum atomic E-state index is 13.3. The molecule has 3 atom stereocenters. The summed E-state index contributed by atoms with van der Waals surface area (Å²) in [6, 6.07) is 30.3. The summed E-state index contributed by atoms with van der Waals surface area (Å²) >= 11 is 0. The second-order valence-electron chi connectivity index (χ2n) is 16.2. The van der Waals surface area contributed by atoms with Gasteiger partial charge in [0.2, 0.25) is 5.91 Å². The number of ether oxygens (including phenoxy) is 5. The number of fused-ring (bicyclic) bond motifs is 1. The van der Waals surface area contributed by atoms with Crippen LogP contribution in [-0.4, -0.2) is 102 Å². The first-order valence-corrected chi connectivity index (χ1v) is 21.9. The number of amides is 1. The van der Waals surface area contributed by atoms with Crippen LogP contribution in [0.5, 0.6) is 23.0 Å². The third-order valence-electron chi connectivity index (χ3n) is 11.8. The summed E-state index contributed by atoms with van der Waals surface area (Å²) in [6.45, 7) is 7.62. The molecule has 1 amide bonds. The van der Waals surface area contributed by atoms with Crippen LogP contribution in [-0.2, 0) is 43.8 Å². The van der Waals surface area contributed by atoms with Crippen LogP contribution in [0.4, 0.5) is 5.69 Å². The van der Waals surface area contributed by atoms with Crippen LogP contribution < -0.4 is 29.2 Å². The van der Waals surface area contributed by atoms with Gasteiger partial charge in [-0.1, -0.05) is 74.5 Å². The van der Waals surface area contributed by atoms with Crippen LogP contribution >= 0.6 is 12.4 Å². The maximum absolute atomic E-state index is 13.3. The number of nitriles is 1. The first-order chi connectivity index (χ1) is 30.8. The summed E-state index contributed by atoms with van der Waals surface area (Å²) in [5.41, 5.74) is 4.22. The SMILES string of the molecule is CCOC(=O)[C@H](CCc1ccccc1)N[C@H]1CCc2ccccc2N(CC(=O)O)C1=O.COc1ccc(CCN(C)CCCC(C#N)(c2ccc(OC)c(OC)c2)C(C)C)cc1OC.Cl. The number of halogens is 1. The molecule has 0 bridgehead atoms. The number of methoxy groups -OCH3 is 4. The van der Waals surface area contributed by atoms with Crippen molar-refractivity contribution in [3.8, 4) is 29.1 Å². The molecule has 0 spiro atoms. The van der Waals surface area contributed by atoms with Crippen molar-refractivity contribution >= 4 is 35.9 Å². The Morgan fingerprint density at radius 3 is 2.11 bits per heavy atom. The lowest BCUT2D eigenvalue weighted by Crippen LogP contribution is -2.53. The lowest BCUT2D eigenvalue weighted by molar-refractivity contribution is -0.146. The number of nitrogens with one attached hydrogen (secondary N) is 1. The number of esters is 1. The molecule has 5 rings (SSSR count). The largest absolute Gasteiger partial charge is 0.493 e. The summed E-state index contributed by atoms with van der Waals surface area (Å²) in [5.74, 6) is 1.15. The number of benzene rings is 4. The Labute approximate surface area is 391 Å². The maximum Gasteiger partial charge on any atom is 0.323 e.